The van der Waals surface area contributed by atoms with Crippen LogP contribution in [0.2, 0.25) is 0 Å². The van der Waals surface area contributed by atoms with Gasteiger partial charge in [0.15, 0.2) is 11.6 Å². The van der Waals surface area contributed by atoms with Gasteiger partial charge in [-0.3, -0.25) is 0 Å². The molecule has 0 aromatic heterocycles. The predicted octanol–water partition coefficient (Wildman–Crippen LogP) is 2.31. The number of aliphatic hydroxyl groups is 1. The van der Waals surface area contributed by atoms with Gasteiger partial charge in [0.25, 0.3) is 0 Å². The fourth-order valence-electron chi connectivity index (χ4n) is 2.41. The number of benzene rings is 1. The highest BCUT2D eigenvalue weighted by atomic mass is 19.2. The lowest BCUT2D eigenvalue weighted by molar-refractivity contribution is 0.00208. The highest BCUT2D eigenvalue weighted by Gasteiger charge is 2.37. The summed E-state index contributed by atoms with van der Waals surface area (Å²) in [5.74, 6) is -1.87. The molecule has 0 saturated carbocycles. The number of hydrogen-bond acceptors (Lipinski definition) is 2. The normalized spacial score (nSPS) is 24.4. The van der Waals surface area contributed by atoms with Gasteiger partial charge >= 0.3 is 0 Å². The molecule has 1 aromatic carbocycles. The summed E-state index contributed by atoms with van der Waals surface area (Å²) in [7, 11) is 0. The van der Waals surface area contributed by atoms with Crippen molar-refractivity contribution in [3.8, 4) is 0 Å². The van der Waals surface area contributed by atoms with E-state index >= 15 is 0 Å². The Balaban J connectivity index is 2.32. The summed E-state index contributed by atoms with van der Waals surface area (Å²) in [6.07, 6.45) is 2.81. The van der Waals surface area contributed by atoms with E-state index < -0.39 is 17.2 Å². The van der Waals surface area contributed by atoms with Crippen molar-refractivity contribution in [1.82, 2.24) is 5.32 Å². The highest BCUT2D eigenvalue weighted by Crippen LogP contribution is 2.31. The first-order valence-corrected chi connectivity index (χ1v) is 5.93. The minimum absolute atomic E-state index is 0.0249. The zero-order valence-electron chi connectivity index (χ0n) is 9.84. The first kappa shape index (κ1) is 12.5. The first-order valence-electron chi connectivity index (χ1n) is 5.93. The summed E-state index contributed by atoms with van der Waals surface area (Å²) >= 11 is 0. The second kappa shape index (κ2) is 4.70. The van der Waals surface area contributed by atoms with Crippen molar-refractivity contribution in [3.63, 3.8) is 0 Å². The standard InChI is InChI=1S/C13H17F2NO/c1-13(17,11-7-2-3-8-16-11)9-5-4-6-10(14)12(9)15/h4-6,11,16-17H,2-3,7-8H2,1H3. The fraction of sp³-hybridized carbons (Fsp3) is 0.538. The molecule has 0 amide bonds. The van der Waals surface area contributed by atoms with Gasteiger partial charge in [0.2, 0.25) is 0 Å². The molecule has 2 N–H and O–H groups in total. The molecule has 0 bridgehead atoms. The number of hydrogen-bond donors (Lipinski definition) is 2. The Hall–Kier alpha value is -1.00. The van der Waals surface area contributed by atoms with Crippen LogP contribution in [0, 0.1) is 11.6 Å². The molecule has 0 spiro atoms. The van der Waals surface area contributed by atoms with E-state index in [-0.39, 0.29) is 11.6 Å². The topological polar surface area (TPSA) is 32.3 Å². The third-order valence-electron chi connectivity index (χ3n) is 3.49. The lowest BCUT2D eigenvalue weighted by Crippen LogP contribution is -2.49. The monoisotopic (exact) mass is 241 g/mol. The van der Waals surface area contributed by atoms with Crippen LogP contribution in [0.4, 0.5) is 8.78 Å². The second-order valence-corrected chi connectivity index (χ2v) is 4.75. The van der Waals surface area contributed by atoms with E-state index in [1.807, 2.05) is 0 Å². The van der Waals surface area contributed by atoms with Gasteiger partial charge in [-0.2, -0.15) is 0 Å². The smallest absolute Gasteiger partial charge is 0.164 e. The van der Waals surface area contributed by atoms with E-state index in [0.717, 1.165) is 31.9 Å². The van der Waals surface area contributed by atoms with Crippen molar-refractivity contribution >= 4 is 0 Å². The van der Waals surface area contributed by atoms with Crippen LogP contribution in [0.25, 0.3) is 0 Å². The van der Waals surface area contributed by atoms with Crippen LogP contribution >= 0.6 is 0 Å². The molecule has 1 aromatic rings. The minimum atomic E-state index is -1.38. The molecule has 17 heavy (non-hydrogen) atoms. The Morgan fingerprint density at radius 2 is 2.12 bits per heavy atom. The molecule has 0 radical (unpaired) electrons. The Morgan fingerprint density at radius 3 is 2.76 bits per heavy atom. The molecule has 1 aliphatic rings. The van der Waals surface area contributed by atoms with Gasteiger partial charge in [0.05, 0.1) is 0 Å². The molecule has 1 saturated heterocycles. The Kier molecular flexibility index (Phi) is 3.45. The van der Waals surface area contributed by atoms with Gasteiger partial charge in [0.1, 0.15) is 5.60 Å². The van der Waals surface area contributed by atoms with E-state index in [0.29, 0.717) is 0 Å². The summed E-state index contributed by atoms with van der Waals surface area (Å²) in [5, 5.41) is 13.6. The number of rotatable bonds is 2. The fourth-order valence-corrected chi connectivity index (χ4v) is 2.41. The zero-order chi connectivity index (χ0) is 12.5. The molecule has 2 unspecified atom stereocenters. The van der Waals surface area contributed by atoms with Crippen LogP contribution in [0.15, 0.2) is 18.2 Å². The minimum Gasteiger partial charge on any atom is -0.384 e. The Morgan fingerprint density at radius 1 is 1.35 bits per heavy atom. The van der Waals surface area contributed by atoms with E-state index in [1.54, 1.807) is 0 Å². The van der Waals surface area contributed by atoms with E-state index in [4.69, 9.17) is 0 Å². The summed E-state index contributed by atoms with van der Waals surface area (Å²) in [6, 6.07) is 3.69. The lowest BCUT2D eigenvalue weighted by atomic mass is 9.83. The molecule has 4 heteroatoms. The van der Waals surface area contributed by atoms with Gasteiger partial charge in [-0.25, -0.2) is 8.78 Å². The van der Waals surface area contributed by atoms with Crippen LogP contribution in [-0.2, 0) is 5.60 Å². The lowest BCUT2D eigenvalue weighted by Gasteiger charge is -2.36. The number of halogens is 2. The van der Waals surface area contributed by atoms with Gasteiger partial charge < -0.3 is 10.4 Å². The molecule has 2 rings (SSSR count). The van der Waals surface area contributed by atoms with Crippen molar-refractivity contribution in [1.29, 1.82) is 0 Å². The molecule has 1 aliphatic heterocycles. The maximum absolute atomic E-state index is 13.7. The van der Waals surface area contributed by atoms with Crippen molar-refractivity contribution in [3.05, 3.63) is 35.4 Å². The summed E-state index contributed by atoms with van der Waals surface area (Å²) < 4.78 is 26.9. The summed E-state index contributed by atoms with van der Waals surface area (Å²) in [5.41, 5.74) is -1.36. The quantitative estimate of drug-likeness (QED) is 0.832. The third-order valence-corrected chi connectivity index (χ3v) is 3.49. The average Bonchev–Trinajstić information content (AvgIpc) is 2.33. The zero-order valence-corrected chi connectivity index (χ0v) is 9.84. The molecule has 2 atom stereocenters. The van der Waals surface area contributed by atoms with Crippen LogP contribution in [0.1, 0.15) is 31.7 Å². The van der Waals surface area contributed by atoms with E-state index in [1.165, 1.54) is 19.1 Å². The summed E-state index contributed by atoms with van der Waals surface area (Å²) in [4.78, 5) is 0. The number of piperidine rings is 1. The van der Waals surface area contributed by atoms with Gasteiger partial charge in [-0.15, -0.1) is 0 Å². The Labute approximate surface area is 99.7 Å². The van der Waals surface area contributed by atoms with Crippen LogP contribution in [0.5, 0.6) is 0 Å². The van der Waals surface area contributed by atoms with Crippen molar-refractivity contribution in [2.24, 2.45) is 0 Å². The average molecular weight is 241 g/mol. The van der Waals surface area contributed by atoms with Gasteiger partial charge in [0, 0.05) is 11.6 Å². The van der Waals surface area contributed by atoms with Crippen LogP contribution < -0.4 is 5.32 Å². The van der Waals surface area contributed by atoms with Crippen molar-refractivity contribution in [2.45, 2.75) is 37.8 Å². The third kappa shape index (κ3) is 2.33. The number of nitrogens with one attached hydrogen (secondary N) is 1. The van der Waals surface area contributed by atoms with Crippen LogP contribution in [-0.4, -0.2) is 17.7 Å². The van der Waals surface area contributed by atoms with Crippen LogP contribution in [0.3, 0.4) is 0 Å². The van der Waals surface area contributed by atoms with Crippen molar-refractivity contribution < 1.29 is 13.9 Å². The van der Waals surface area contributed by atoms with Gasteiger partial charge in [-0.1, -0.05) is 18.6 Å². The van der Waals surface area contributed by atoms with E-state index in [9.17, 15) is 13.9 Å². The second-order valence-electron chi connectivity index (χ2n) is 4.75. The molecular weight excluding hydrogens is 224 g/mol. The first-order chi connectivity index (χ1) is 8.03. The molecule has 2 nitrogen and oxygen atoms in total. The van der Waals surface area contributed by atoms with Gasteiger partial charge in [-0.05, 0) is 32.4 Å². The largest absolute Gasteiger partial charge is 0.384 e. The maximum atomic E-state index is 13.7. The van der Waals surface area contributed by atoms with E-state index in [2.05, 4.69) is 5.32 Å². The predicted molar refractivity (Wildman–Crippen MR) is 61.6 cm³/mol. The summed E-state index contributed by atoms with van der Waals surface area (Å²) in [6.45, 7) is 2.34. The molecular formula is C13H17F2NO. The maximum Gasteiger partial charge on any atom is 0.164 e. The molecule has 1 heterocycles. The van der Waals surface area contributed by atoms with Crippen molar-refractivity contribution in [2.75, 3.05) is 6.54 Å². The highest BCUT2D eigenvalue weighted by molar-refractivity contribution is 5.26. The Bertz CT molecular complexity index is 400. The molecule has 94 valence electrons. The molecule has 0 aliphatic carbocycles. The molecule has 1 fully saturated rings. The SMILES string of the molecule is CC(O)(c1cccc(F)c1F)C1CCCCN1.